The molecule has 1 amide bonds. The molecule has 2 fully saturated rings. The van der Waals surface area contributed by atoms with Crippen LogP contribution in [0.2, 0.25) is 0 Å². The van der Waals surface area contributed by atoms with Gasteiger partial charge in [0.1, 0.15) is 0 Å². The highest BCUT2D eigenvalue weighted by molar-refractivity contribution is 8.18. The molecule has 26 heavy (non-hydrogen) atoms. The lowest BCUT2D eigenvalue weighted by atomic mass is 9.84. The molecule has 0 aromatic heterocycles. The molecule has 4 heterocycles. The Morgan fingerprint density at radius 1 is 1.15 bits per heavy atom. The monoisotopic (exact) mass is 370 g/mol. The summed E-state index contributed by atoms with van der Waals surface area (Å²) in [4.78, 5) is 19.7. The summed E-state index contributed by atoms with van der Waals surface area (Å²) in [5, 5.41) is 0.851. The van der Waals surface area contributed by atoms with Crippen molar-refractivity contribution in [1.29, 1.82) is 0 Å². The van der Waals surface area contributed by atoms with E-state index in [4.69, 9.17) is 9.47 Å². The number of fused-ring (bicyclic) bond motifs is 2. The molecule has 0 unspecified atom stereocenters. The van der Waals surface area contributed by atoms with Gasteiger partial charge in [0.2, 0.25) is 0 Å². The maximum atomic E-state index is 12.4. The van der Waals surface area contributed by atoms with Crippen LogP contribution < -0.4 is 0 Å². The molecule has 0 N–H and O–H groups in total. The van der Waals surface area contributed by atoms with Gasteiger partial charge < -0.3 is 14.4 Å². The summed E-state index contributed by atoms with van der Waals surface area (Å²) in [6.07, 6.45) is 3.81. The van der Waals surface area contributed by atoms with Gasteiger partial charge in [-0.25, -0.2) is 0 Å². The molecule has 6 heteroatoms. The van der Waals surface area contributed by atoms with Crippen LogP contribution in [-0.2, 0) is 26.5 Å². The maximum Gasteiger partial charge on any atom is 0.286 e. The lowest BCUT2D eigenvalue weighted by molar-refractivity contribution is -0.113. The Labute approximate surface area is 157 Å². The molecule has 136 valence electrons. The van der Waals surface area contributed by atoms with Crippen LogP contribution in [0.1, 0.15) is 36.8 Å². The number of amides is 1. The van der Waals surface area contributed by atoms with E-state index in [1.54, 1.807) is 0 Å². The normalized spacial score (nSPS) is 27.8. The number of hydrogen-bond acceptors (Lipinski definition) is 5. The predicted molar refractivity (Wildman–Crippen MR) is 101 cm³/mol. The van der Waals surface area contributed by atoms with Crippen molar-refractivity contribution in [2.24, 2.45) is 4.99 Å². The van der Waals surface area contributed by atoms with E-state index >= 15 is 0 Å². The Morgan fingerprint density at radius 2 is 2.00 bits per heavy atom. The number of benzene rings is 1. The van der Waals surface area contributed by atoms with E-state index in [0.717, 1.165) is 61.0 Å². The Balaban J connectivity index is 1.30. The minimum Gasteiger partial charge on any atom is -0.377 e. The van der Waals surface area contributed by atoms with E-state index in [2.05, 4.69) is 34.2 Å². The van der Waals surface area contributed by atoms with E-state index in [0.29, 0.717) is 13.2 Å². The topological polar surface area (TPSA) is 51.1 Å². The van der Waals surface area contributed by atoms with Gasteiger partial charge in [0.05, 0.1) is 23.7 Å². The van der Waals surface area contributed by atoms with Crippen LogP contribution in [-0.4, -0.2) is 42.3 Å². The molecule has 0 radical (unpaired) electrons. The van der Waals surface area contributed by atoms with E-state index < -0.39 is 0 Å². The van der Waals surface area contributed by atoms with Crippen molar-refractivity contribution in [2.45, 2.75) is 37.9 Å². The number of hydrogen-bond donors (Lipinski definition) is 0. The number of ether oxygens (including phenoxy) is 2. The highest BCUT2D eigenvalue weighted by Crippen LogP contribution is 2.45. The lowest BCUT2D eigenvalue weighted by Crippen LogP contribution is -2.44. The van der Waals surface area contributed by atoms with Crippen LogP contribution in [0.3, 0.4) is 0 Å². The highest BCUT2D eigenvalue weighted by atomic mass is 32.2. The number of aliphatic imine (C=N–C) groups is 1. The van der Waals surface area contributed by atoms with Gasteiger partial charge in [-0.1, -0.05) is 24.3 Å². The second-order valence-electron chi connectivity index (χ2n) is 7.32. The predicted octanol–water partition coefficient (Wildman–Crippen LogP) is 3.20. The minimum absolute atomic E-state index is 0.0896. The fraction of sp³-hybridized carbons (Fsp3) is 0.500. The number of nitrogens with zero attached hydrogens (tertiary/aromatic N) is 2. The van der Waals surface area contributed by atoms with Crippen molar-refractivity contribution in [1.82, 2.24) is 4.90 Å². The molecule has 0 bridgehead atoms. The smallest absolute Gasteiger partial charge is 0.286 e. The SMILES string of the molecule is O=C1N=C(N2CCC3(CC2)OCc2ccccc23)SC1=C1CCCOC1. The Bertz CT molecular complexity index is 801. The van der Waals surface area contributed by atoms with Gasteiger partial charge in [-0.05, 0) is 54.1 Å². The van der Waals surface area contributed by atoms with Gasteiger partial charge in [0.25, 0.3) is 5.91 Å². The summed E-state index contributed by atoms with van der Waals surface area (Å²) in [5.74, 6) is -0.0896. The number of thioether (sulfide) groups is 1. The van der Waals surface area contributed by atoms with Gasteiger partial charge in [-0.3, -0.25) is 4.79 Å². The van der Waals surface area contributed by atoms with Crippen LogP contribution in [0.25, 0.3) is 0 Å². The third-order valence-electron chi connectivity index (χ3n) is 5.80. The second kappa shape index (κ2) is 6.51. The molecule has 1 spiro atoms. The molecule has 2 saturated heterocycles. The number of carbonyl (C=O) groups is 1. The van der Waals surface area contributed by atoms with Gasteiger partial charge in [-0.2, -0.15) is 4.99 Å². The number of likely N-dealkylation sites (tertiary alicyclic amines) is 1. The zero-order chi connectivity index (χ0) is 17.6. The minimum atomic E-state index is -0.153. The van der Waals surface area contributed by atoms with Gasteiger partial charge >= 0.3 is 0 Å². The first-order valence-corrected chi connectivity index (χ1v) is 10.1. The van der Waals surface area contributed by atoms with E-state index in [1.165, 1.54) is 22.9 Å². The molecule has 4 aliphatic rings. The number of amidine groups is 1. The van der Waals surface area contributed by atoms with Crippen LogP contribution >= 0.6 is 11.8 Å². The quantitative estimate of drug-likeness (QED) is 0.657. The molecule has 0 aliphatic carbocycles. The van der Waals surface area contributed by atoms with Crippen LogP contribution in [0, 0.1) is 0 Å². The van der Waals surface area contributed by atoms with E-state index in [1.807, 2.05) is 0 Å². The summed E-state index contributed by atoms with van der Waals surface area (Å²) in [5.41, 5.74) is 3.62. The van der Waals surface area contributed by atoms with Crippen molar-refractivity contribution in [3.05, 3.63) is 45.9 Å². The summed E-state index contributed by atoms with van der Waals surface area (Å²) in [6, 6.07) is 8.55. The van der Waals surface area contributed by atoms with Crippen LogP contribution in [0.15, 0.2) is 39.7 Å². The van der Waals surface area contributed by atoms with Crippen LogP contribution in [0.5, 0.6) is 0 Å². The van der Waals surface area contributed by atoms with E-state index in [-0.39, 0.29) is 11.5 Å². The zero-order valence-electron chi connectivity index (χ0n) is 14.7. The molecular formula is C20H22N2O3S. The van der Waals surface area contributed by atoms with Crippen molar-refractivity contribution in [3.63, 3.8) is 0 Å². The summed E-state index contributed by atoms with van der Waals surface area (Å²) >= 11 is 1.53. The fourth-order valence-corrected chi connectivity index (χ4v) is 5.41. The second-order valence-corrected chi connectivity index (χ2v) is 8.30. The average Bonchev–Trinajstić information content (AvgIpc) is 3.25. The molecule has 0 saturated carbocycles. The van der Waals surface area contributed by atoms with Gasteiger partial charge in [-0.15, -0.1) is 0 Å². The Hall–Kier alpha value is -1.63. The number of rotatable bonds is 0. The van der Waals surface area contributed by atoms with Crippen molar-refractivity contribution >= 4 is 22.8 Å². The lowest BCUT2D eigenvalue weighted by Gasteiger charge is -2.39. The summed E-state index contributed by atoms with van der Waals surface area (Å²) < 4.78 is 11.7. The molecular weight excluding hydrogens is 348 g/mol. The van der Waals surface area contributed by atoms with Crippen molar-refractivity contribution < 1.29 is 14.3 Å². The first-order valence-electron chi connectivity index (χ1n) is 9.33. The third-order valence-corrected chi connectivity index (χ3v) is 7.00. The third kappa shape index (κ3) is 2.71. The maximum absolute atomic E-state index is 12.4. The highest BCUT2D eigenvalue weighted by Gasteiger charge is 2.43. The van der Waals surface area contributed by atoms with Crippen molar-refractivity contribution in [2.75, 3.05) is 26.3 Å². The largest absolute Gasteiger partial charge is 0.377 e. The number of piperidine rings is 1. The van der Waals surface area contributed by atoms with Crippen LogP contribution in [0.4, 0.5) is 0 Å². The average molecular weight is 370 g/mol. The van der Waals surface area contributed by atoms with Gasteiger partial charge in [0.15, 0.2) is 5.17 Å². The number of carbonyl (C=O) groups excluding carboxylic acids is 1. The molecule has 0 atom stereocenters. The molecule has 1 aromatic rings. The molecule has 5 rings (SSSR count). The zero-order valence-corrected chi connectivity index (χ0v) is 15.5. The fourth-order valence-electron chi connectivity index (χ4n) is 4.35. The van der Waals surface area contributed by atoms with Gasteiger partial charge in [0, 0.05) is 19.7 Å². The standard InChI is InChI=1S/C20H22N2O3S/c23-18-17(15-5-3-11-24-12-15)26-19(21-18)22-9-7-20(8-10-22)16-6-2-1-4-14(16)13-25-20/h1-2,4,6H,3,5,7-13H2. The first kappa shape index (κ1) is 16.5. The molecule has 1 aromatic carbocycles. The molecule has 5 nitrogen and oxygen atoms in total. The Kier molecular flexibility index (Phi) is 4.14. The summed E-state index contributed by atoms with van der Waals surface area (Å²) in [6.45, 7) is 3.81. The summed E-state index contributed by atoms with van der Waals surface area (Å²) in [7, 11) is 0. The Morgan fingerprint density at radius 3 is 2.81 bits per heavy atom. The first-order chi connectivity index (χ1) is 12.8. The molecule has 4 aliphatic heterocycles. The van der Waals surface area contributed by atoms with E-state index in [9.17, 15) is 4.79 Å². The van der Waals surface area contributed by atoms with Crippen molar-refractivity contribution in [3.8, 4) is 0 Å².